The molecule has 0 aliphatic heterocycles. The van der Waals surface area contributed by atoms with E-state index < -0.39 is 5.92 Å². The van der Waals surface area contributed by atoms with Crippen molar-refractivity contribution in [2.24, 2.45) is 5.92 Å². The number of aromatic nitrogens is 1. The third-order valence-electron chi connectivity index (χ3n) is 2.62. The maximum Gasteiger partial charge on any atom is 0.157 e. The number of fused-ring (bicyclic) bond motifs is 1. The van der Waals surface area contributed by atoms with Crippen molar-refractivity contribution in [2.45, 2.75) is 26.2 Å². The molecular weight excluding hydrogens is 244 g/mol. The van der Waals surface area contributed by atoms with Crippen LogP contribution < -0.4 is 0 Å². The summed E-state index contributed by atoms with van der Waals surface area (Å²) in [5.41, 5.74) is 0.857. The summed E-state index contributed by atoms with van der Waals surface area (Å²) >= 11 is 1.43. The van der Waals surface area contributed by atoms with Crippen LogP contribution in [0.4, 0.5) is 0 Å². The van der Waals surface area contributed by atoms with Crippen LogP contribution >= 0.6 is 11.3 Å². The zero-order valence-electron chi connectivity index (χ0n) is 10.4. The van der Waals surface area contributed by atoms with Crippen molar-refractivity contribution in [1.82, 2.24) is 4.98 Å². The Balaban J connectivity index is 2.33. The number of ketones is 1. The summed E-state index contributed by atoms with van der Waals surface area (Å²) in [6, 6.07) is 9.78. The quantitative estimate of drug-likeness (QED) is 0.843. The monoisotopic (exact) mass is 258 g/mol. The number of nitriles is 1. The number of rotatable bonds is 4. The first-order chi connectivity index (χ1) is 8.61. The minimum Gasteiger partial charge on any atom is -0.298 e. The molecule has 0 aliphatic rings. The zero-order valence-corrected chi connectivity index (χ0v) is 11.2. The predicted octanol–water partition coefficient (Wildman–Crippen LogP) is 3.52. The van der Waals surface area contributed by atoms with Crippen molar-refractivity contribution in [2.75, 3.05) is 0 Å². The summed E-state index contributed by atoms with van der Waals surface area (Å²) in [5.74, 6) is -0.487. The van der Waals surface area contributed by atoms with Crippen LogP contribution in [0, 0.1) is 17.2 Å². The molecule has 1 aromatic carbocycles. The molecule has 1 atom stereocenters. The Bertz CT molecular complexity index is 577. The van der Waals surface area contributed by atoms with E-state index >= 15 is 0 Å². The SMILES string of the molecule is CC(C)CC(=O)C(C#N)c1nc2ccccc2s1. The van der Waals surface area contributed by atoms with Gasteiger partial charge in [-0.15, -0.1) is 11.3 Å². The van der Waals surface area contributed by atoms with Gasteiger partial charge in [0.2, 0.25) is 0 Å². The molecule has 0 saturated carbocycles. The molecule has 2 rings (SSSR count). The lowest BCUT2D eigenvalue weighted by Gasteiger charge is -2.06. The zero-order chi connectivity index (χ0) is 13.1. The van der Waals surface area contributed by atoms with Gasteiger partial charge in [0, 0.05) is 6.42 Å². The highest BCUT2D eigenvalue weighted by atomic mass is 32.1. The van der Waals surface area contributed by atoms with Gasteiger partial charge in [-0.05, 0) is 18.1 Å². The molecule has 0 N–H and O–H groups in total. The fraction of sp³-hybridized carbons (Fsp3) is 0.357. The van der Waals surface area contributed by atoms with E-state index in [1.165, 1.54) is 11.3 Å². The molecule has 1 aromatic heterocycles. The summed E-state index contributed by atoms with van der Waals surface area (Å²) in [5, 5.41) is 9.80. The second-order valence-corrected chi connectivity index (χ2v) is 5.71. The Labute approximate surface area is 110 Å². The van der Waals surface area contributed by atoms with Crippen LogP contribution in [0.5, 0.6) is 0 Å². The van der Waals surface area contributed by atoms with Crippen LogP contribution in [-0.4, -0.2) is 10.8 Å². The lowest BCUT2D eigenvalue weighted by molar-refractivity contribution is -0.120. The van der Waals surface area contributed by atoms with Crippen LogP contribution in [0.3, 0.4) is 0 Å². The molecule has 2 aromatic rings. The highest BCUT2D eigenvalue weighted by Gasteiger charge is 2.24. The van der Waals surface area contributed by atoms with Gasteiger partial charge in [0.15, 0.2) is 11.7 Å². The number of benzene rings is 1. The van der Waals surface area contributed by atoms with E-state index in [2.05, 4.69) is 11.1 Å². The van der Waals surface area contributed by atoms with Crippen molar-refractivity contribution < 1.29 is 4.79 Å². The minimum atomic E-state index is -0.718. The number of carbonyl (C=O) groups excluding carboxylic acids is 1. The Kier molecular flexibility index (Phi) is 3.73. The maximum absolute atomic E-state index is 12.0. The summed E-state index contributed by atoms with van der Waals surface area (Å²) in [6.07, 6.45) is 0.425. The van der Waals surface area contributed by atoms with Gasteiger partial charge in [-0.3, -0.25) is 4.79 Å². The standard InChI is InChI=1S/C14H14N2OS/c1-9(2)7-12(17)10(8-15)14-16-11-5-3-4-6-13(11)18-14/h3-6,9-10H,7H2,1-2H3. The first kappa shape index (κ1) is 12.7. The summed E-state index contributed by atoms with van der Waals surface area (Å²) in [7, 11) is 0. The van der Waals surface area contributed by atoms with Crippen LogP contribution in [-0.2, 0) is 4.79 Å². The Morgan fingerprint density at radius 2 is 2.17 bits per heavy atom. The molecule has 4 heteroatoms. The van der Waals surface area contributed by atoms with E-state index in [-0.39, 0.29) is 11.7 Å². The van der Waals surface area contributed by atoms with Gasteiger partial charge >= 0.3 is 0 Å². The van der Waals surface area contributed by atoms with Crippen LogP contribution in [0.2, 0.25) is 0 Å². The predicted molar refractivity (Wildman–Crippen MR) is 72.4 cm³/mol. The molecule has 1 heterocycles. The Morgan fingerprint density at radius 3 is 2.78 bits per heavy atom. The van der Waals surface area contributed by atoms with E-state index in [0.29, 0.717) is 11.4 Å². The average molecular weight is 258 g/mol. The van der Waals surface area contributed by atoms with E-state index in [4.69, 9.17) is 0 Å². The van der Waals surface area contributed by atoms with E-state index in [1.54, 1.807) is 0 Å². The van der Waals surface area contributed by atoms with Crippen molar-refractivity contribution >= 4 is 27.3 Å². The number of hydrogen-bond acceptors (Lipinski definition) is 4. The van der Waals surface area contributed by atoms with E-state index in [9.17, 15) is 10.1 Å². The lowest BCUT2D eigenvalue weighted by Crippen LogP contribution is -2.12. The van der Waals surface area contributed by atoms with Crippen molar-refractivity contribution in [3.63, 3.8) is 0 Å². The fourth-order valence-electron chi connectivity index (χ4n) is 1.80. The number of nitrogens with zero attached hydrogens (tertiary/aromatic N) is 2. The molecule has 3 nitrogen and oxygen atoms in total. The smallest absolute Gasteiger partial charge is 0.157 e. The molecule has 0 spiro atoms. The normalized spacial score (nSPS) is 12.6. The molecule has 92 valence electrons. The topological polar surface area (TPSA) is 53.8 Å². The third-order valence-corrected chi connectivity index (χ3v) is 3.72. The number of hydrogen-bond donors (Lipinski definition) is 0. The van der Waals surface area contributed by atoms with Gasteiger partial charge < -0.3 is 0 Å². The molecule has 0 amide bonds. The van der Waals surface area contributed by atoms with Gasteiger partial charge in [-0.1, -0.05) is 26.0 Å². The summed E-state index contributed by atoms with van der Waals surface area (Å²) < 4.78 is 1.02. The second kappa shape index (κ2) is 5.28. The van der Waals surface area contributed by atoms with Gasteiger partial charge in [0.1, 0.15) is 5.01 Å². The highest BCUT2D eigenvalue weighted by molar-refractivity contribution is 7.18. The average Bonchev–Trinajstić information content (AvgIpc) is 2.71. The second-order valence-electron chi connectivity index (χ2n) is 4.65. The molecular formula is C14H14N2OS. The Hall–Kier alpha value is -1.73. The minimum absolute atomic E-state index is 0.0356. The van der Waals surface area contributed by atoms with Crippen LogP contribution in [0.15, 0.2) is 24.3 Å². The van der Waals surface area contributed by atoms with Crippen molar-refractivity contribution in [1.29, 1.82) is 5.26 Å². The first-order valence-corrected chi connectivity index (χ1v) is 6.71. The maximum atomic E-state index is 12.0. The van der Waals surface area contributed by atoms with Crippen LogP contribution in [0.1, 0.15) is 31.2 Å². The van der Waals surface area contributed by atoms with Crippen molar-refractivity contribution in [3.05, 3.63) is 29.3 Å². The fourth-order valence-corrected chi connectivity index (χ4v) is 2.83. The molecule has 0 saturated heterocycles. The highest BCUT2D eigenvalue weighted by Crippen LogP contribution is 2.28. The van der Waals surface area contributed by atoms with Gasteiger partial charge in [0.25, 0.3) is 0 Å². The molecule has 18 heavy (non-hydrogen) atoms. The summed E-state index contributed by atoms with van der Waals surface area (Å²) in [4.78, 5) is 16.4. The Morgan fingerprint density at radius 1 is 1.44 bits per heavy atom. The molecule has 1 unspecified atom stereocenters. The van der Waals surface area contributed by atoms with Gasteiger partial charge in [-0.25, -0.2) is 4.98 Å². The molecule has 0 aliphatic carbocycles. The van der Waals surface area contributed by atoms with E-state index in [0.717, 1.165) is 10.2 Å². The number of thiazole rings is 1. The van der Waals surface area contributed by atoms with E-state index in [1.807, 2.05) is 38.1 Å². The molecule has 0 radical (unpaired) electrons. The first-order valence-electron chi connectivity index (χ1n) is 5.89. The number of carbonyl (C=O) groups is 1. The van der Waals surface area contributed by atoms with Crippen LogP contribution in [0.25, 0.3) is 10.2 Å². The third kappa shape index (κ3) is 2.57. The number of Topliss-reactive ketones (excluding diaryl/α,β-unsaturated/α-hetero) is 1. The van der Waals surface area contributed by atoms with Gasteiger partial charge in [0.05, 0.1) is 16.3 Å². The van der Waals surface area contributed by atoms with Gasteiger partial charge in [-0.2, -0.15) is 5.26 Å². The molecule has 0 bridgehead atoms. The van der Waals surface area contributed by atoms with Crippen molar-refractivity contribution in [3.8, 4) is 6.07 Å². The molecule has 0 fully saturated rings. The lowest BCUT2D eigenvalue weighted by atomic mass is 9.98. The number of para-hydroxylation sites is 1. The summed E-state index contributed by atoms with van der Waals surface area (Å²) in [6.45, 7) is 3.95. The largest absolute Gasteiger partial charge is 0.298 e.